The summed E-state index contributed by atoms with van der Waals surface area (Å²) < 4.78 is 0. The average molecular weight is 340 g/mol. The predicted molar refractivity (Wildman–Crippen MR) is 100 cm³/mol. The maximum atomic E-state index is 12.2. The van der Waals surface area contributed by atoms with Crippen molar-refractivity contribution < 1.29 is 4.79 Å². The zero-order chi connectivity index (χ0) is 17.8. The van der Waals surface area contributed by atoms with E-state index in [1.807, 2.05) is 24.3 Å². The highest BCUT2D eigenvalue weighted by Crippen LogP contribution is 2.20. The number of carbonyl (C=O) groups excluding carboxylic acids is 1. The number of rotatable bonds is 4. The van der Waals surface area contributed by atoms with Crippen LogP contribution in [-0.4, -0.2) is 48.0 Å². The molecule has 1 aromatic carbocycles. The Morgan fingerprint density at radius 1 is 1.04 bits per heavy atom. The van der Waals surface area contributed by atoms with Gasteiger partial charge in [-0.2, -0.15) is 0 Å². The third-order valence-electron chi connectivity index (χ3n) is 4.58. The topological polar surface area (TPSA) is 68.4 Å². The molecule has 2 heterocycles. The number of aromatic nitrogens is 1. The first-order valence-electron chi connectivity index (χ1n) is 8.62. The number of hydrogen-bond donors (Lipinski definition) is 2. The molecule has 0 unspecified atom stereocenters. The smallest absolute Gasteiger partial charge is 0.257 e. The molecular weight excluding hydrogens is 316 g/mol. The van der Waals surface area contributed by atoms with Gasteiger partial charge < -0.3 is 15.2 Å². The minimum absolute atomic E-state index is 0.224. The molecule has 1 aliphatic heterocycles. The Morgan fingerprint density at radius 2 is 1.72 bits per heavy atom. The lowest BCUT2D eigenvalue weighted by Gasteiger charge is -2.38. The molecule has 0 bridgehead atoms. The normalized spacial score (nSPS) is 15.4. The van der Waals surface area contributed by atoms with Crippen molar-refractivity contribution in [2.24, 2.45) is 0 Å². The van der Waals surface area contributed by atoms with E-state index in [0.717, 1.165) is 31.9 Å². The number of hydrogen-bond acceptors (Lipinski definition) is 4. The summed E-state index contributed by atoms with van der Waals surface area (Å²) in [6.07, 6.45) is 1.42. The van der Waals surface area contributed by atoms with Gasteiger partial charge >= 0.3 is 0 Å². The summed E-state index contributed by atoms with van der Waals surface area (Å²) in [6.45, 7) is 8.64. The van der Waals surface area contributed by atoms with Crippen LogP contribution in [0.1, 0.15) is 24.2 Å². The van der Waals surface area contributed by atoms with Crippen molar-refractivity contribution in [2.75, 3.05) is 36.4 Å². The Labute approximate surface area is 147 Å². The lowest BCUT2D eigenvalue weighted by atomic mass is 10.2. The molecule has 2 aromatic rings. The second-order valence-corrected chi connectivity index (χ2v) is 6.56. The third-order valence-corrected chi connectivity index (χ3v) is 4.58. The van der Waals surface area contributed by atoms with Crippen LogP contribution in [0, 0.1) is 0 Å². The van der Waals surface area contributed by atoms with Gasteiger partial charge in [-0.3, -0.25) is 14.5 Å². The molecule has 132 valence electrons. The van der Waals surface area contributed by atoms with E-state index in [9.17, 15) is 9.59 Å². The van der Waals surface area contributed by atoms with Crippen LogP contribution in [0.25, 0.3) is 0 Å². The zero-order valence-corrected chi connectivity index (χ0v) is 14.7. The van der Waals surface area contributed by atoms with Crippen molar-refractivity contribution in [3.05, 3.63) is 58.5 Å². The molecule has 0 aliphatic carbocycles. The molecule has 0 spiro atoms. The summed E-state index contributed by atoms with van der Waals surface area (Å²) in [5.74, 6) is -0.241. The molecule has 25 heavy (non-hydrogen) atoms. The Morgan fingerprint density at radius 3 is 2.28 bits per heavy atom. The van der Waals surface area contributed by atoms with E-state index in [0.29, 0.717) is 11.6 Å². The minimum Gasteiger partial charge on any atom is -0.369 e. The summed E-state index contributed by atoms with van der Waals surface area (Å²) in [5.41, 5.74) is 2.11. The Bertz CT molecular complexity index is 754. The van der Waals surface area contributed by atoms with Crippen molar-refractivity contribution in [3.8, 4) is 0 Å². The van der Waals surface area contributed by atoms with Crippen molar-refractivity contribution in [1.29, 1.82) is 0 Å². The van der Waals surface area contributed by atoms with Gasteiger partial charge in [0.2, 0.25) is 5.56 Å². The molecule has 0 atom stereocenters. The number of nitrogens with zero attached hydrogens (tertiary/aromatic N) is 2. The molecule has 3 rings (SSSR count). The Hall–Kier alpha value is -2.60. The standard InChI is InChI=1S/C19H24N4O2/c1-14(2)22-9-11-23(12-10-22)17-6-4-16(5-7-17)21-19(25)15-3-8-18(24)20-13-15/h3-8,13-14H,9-12H2,1-2H3,(H,20,24)(H,21,25). The molecular formula is C19H24N4O2. The average Bonchev–Trinajstić information content (AvgIpc) is 2.63. The fourth-order valence-electron chi connectivity index (χ4n) is 3.01. The summed E-state index contributed by atoms with van der Waals surface area (Å²) in [6, 6.07) is 11.3. The van der Waals surface area contributed by atoms with Crippen molar-refractivity contribution in [3.63, 3.8) is 0 Å². The molecule has 1 fully saturated rings. The van der Waals surface area contributed by atoms with E-state index in [1.54, 1.807) is 0 Å². The van der Waals surface area contributed by atoms with E-state index >= 15 is 0 Å². The Kier molecular flexibility index (Phi) is 5.19. The number of anilines is 2. The number of carbonyl (C=O) groups is 1. The predicted octanol–water partition coefficient (Wildman–Crippen LogP) is 2.16. The van der Waals surface area contributed by atoms with Gasteiger partial charge in [0.1, 0.15) is 0 Å². The summed E-state index contributed by atoms with van der Waals surface area (Å²) in [4.78, 5) is 30.6. The minimum atomic E-state index is -0.241. The van der Waals surface area contributed by atoms with E-state index in [2.05, 4.69) is 33.9 Å². The van der Waals surface area contributed by atoms with Crippen LogP contribution in [0.4, 0.5) is 11.4 Å². The van der Waals surface area contributed by atoms with Gasteiger partial charge in [-0.1, -0.05) is 0 Å². The van der Waals surface area contributed by atoms with Gasteiger partial charge in [0.15, 0.2) is 0 Å². The van der Waals surface area contributed by atoms with E-state index in [4.69, 9.17) is 0 Å². The number of piperazine rings is 1. The number of H-pyrrole nitrogens is 1. The maximum absolute atomic E-state index is 12.2. The third kappa shape index (κ3) is 4.28. The number of aromatic amines is 1. The first kappa shape index (κ1) is 17.2. The molecule has 2 N–H and O–H groups in total. The highest BCUT2D eigenvalue weighted by Gasteiger charge is 2.18. The second-order valence-electron chi connectivity index (χ2n) is 6.56. The van der Waals surface area contributed by atoms with Crippen LogP contribution in [-0.2, 0) is 0 Å². The molecule has 0 radical (unpaired) electrons. The highest BCUT2D eigenvalue weighted by atomic mass is 16.1. The van der Waals surface area contributed by atoms with Crippen LogP contribution < -0.4 is 15.8 Å². The largest absolute Gasteiger partial charge is 0.369 e. The highest BCUT2D eigenvalue weighted by molar-refractivity contribution is 6.04. The van der Waals surface area contributed by atoms with E-state index < -0.39 is 0 Å². The fraction of sp³-hybridized carbons (Fsp3) is 0.368. The van der Waals surface area contributed by atoms with Gasteiger partial charge in [-0.05, 0) is 44.2 Å². The SMILES string of the molecule is CC(C)N1CCN(c2ccc(NC(=O)c3ccc(=O)[nH]c3)cc2)CC1. The first-order valence-corrected chi connectivity index (χ1v) is 8.62. The number of nitrogens with one attached hydrogen (secondary N) is 2. The van der Waals surface area contributed by atoms with Crippen LogP contribution in [0.2, 0.25) is 0 Å². The van der Waals surface area contributed by atoms with Crippen LogP contribution >= 0.6 is 0 Å². The quantitative estimate of drug-likeness (QED) is 0.895. The summed E-state index contributed by atoms with van der Waals surface area (Å²) >= 11 is 0. The van der Waals surface area contributed by atoms with Crippen molar-refractivity contribution in [2.45, 2.75) is 19.9 Å². The van der Waals surface area contributed by atoms with Crippen LogP contribution in [0.3, 0.4) is 0 Å². The van der Waals surface area contributed by atoms with Gasteiger partial charge in [0, 0.05) is 55.9 Å². The molecule has 6 heteroatoms. The molecule has 0 saturated carbocycles. The van der Waals surface area contributed by atoms with E-state index in [-0.39, 0.29) is 11.5 Å². The van der Waals surface area contributed by atoms with Gasteiger partial charge in [-0.15, -0.1) is 0 Å². The summed E-state index contributed by atoms with van der Waals surface area (Å²) in [7, 11) is 0. The fourth-order valence-corrected chi connectivity index (χ4v) is 3.01. The molecule has 6 nitrogen and oxygen atoms in total. The second kappa shape index (κ2) is 7.53. The number of pyridine rings is 1. The maximum Gasteiger partial charge on any atom is 0.257 e. The zero-order valence-electron chi connectivity index (χ0n) is 14.7. The van der Waals surface area contributed by atoms with Gasteiger partial charge in [0.25, 0.3) is 5.91 Å². The Balaban J connectivity index is 1.60. The summed E-state index contributed by atoms with van der Waals surface area (Å²) in [5, 5.41) is 2.84. The van der Waals surface area contributed by atoms with Gasteiger partial charge in [-0.25, -0.2) is 0 Å². The van der Waals surface area contributed by atoms with Crippen LogP contribution in [0.15, 0.2) is 47.4 Å². The van der Waals surface area contributed by atoms with E-state index in [1.165, 1.54) is 24.0 Å². The van der Waals surface area contributed by atoms with Crippen LogP contribution in [0.5, 0.6) is 0 Å². The van der Waals surface area contributed by atoms with Crippen molar-refractivity contribution >= 4 is 17.3 Å². The molecule has 1 aromatic heterocycles. The molecule has 1 saturated heterocycles. The van der Waals surface area contributed by atoms with Crippen molar-refractivity contribution in [1.82, 2.24) is 9.88 Å². The first-order chi connectivity index (χ1) is 12.0. The molecule has 1 aliphatic rings. The lowest BCUT2D eigenvalue weighted by Crippen LogP contribution is -2.48. The number of amides is 1. The van der Waals surface area contributed by atoms with Gasteiger partial charge in [0.05, 0.1) is 5.56 Å². The molecule has 1 amide bonds. The monoisotopic (exact) mass is 340 g/mol. The lowest BCUT2D eigenvalue weighted by molar-refractivity contribution is 0.102. The number of benzene rings is 1.